The summed E-state index contributed by atoms with van der Waals surface area (Å²) in [6.07, 6.45) is -0.821. The van der Waals surface area contributed by atoms with Crippen molar-refractivity contribution >= 4 is 12.4 Å². The van der Waals surface area contributed by atoms with E-state index in [0.29, 0.717) is 13.1 Å². The molecule has 1 aromatic heterocycles. The average Bonchev–Trinajstić information content (AvgIpc) is 2.87. The Kier molecular flexibility index (Phi) is 6.92. The minimum absolute atomic E-state index is 0. The van der Waals surface area contributed by atoms with Gasteiger partial charge in [0.05, 0.1) is 18.8 Å². The predicted octanol–water partition coefficient (Wildman–Crippen LogP) is 2.89. The van der Waals surface area contributed by atoms with Crippen molar-refractivity contribution in [2.45, 2.75) is 32.6 Å². The number of rotatable bonds is 6. The fraction of sp³-hybridized carbons (Fsp3) is 0.375. The van der Waals surface area contributed by atoms with Gasteiger partial charge in [-0.2, -0.15) is 0 Å². The molecule has 21 heavy (non-hydrogen) atoms. The van der Waals surface area contributed by atoms with E-state index >= 15 is 0 Å². The van der Waals surface area contributed by atoms with Gasteiger partial charge in [-0.3, -0.25) is 0 Å². The molecule has 0 radical (unpaired) electrons. The molecule has 2 atom stereocenters. The lowest BCUT2D eigenvalue weighted by molar-refractivity contribution is 0.190. The summed E-state index contributed by atoms with van der Waals surface area (Å²) in [7, 11) is 0. The zero-order chi connectivity index (χ0) is 14.5. The van der Waals surface area contributed by atoms with Crippen LogP contribution in [0.2, 0.25) is 0 Å². The largest absolute Gasteiger partial charge is 0.460 e. The van der Waals surface area contributed by atoms with Gasteiger partial charge in [-0.1, -0.05) is 24.3 Å². The third-order valence-electron chi connectivity index (χ3n) is 3.08. The number of hydrogen-bond acceptors (Lipinski definition) is 4. The zero-order valence-electron chi connectivity index (χ0n) is 12.2. The van der Waals surface area contributed by atoms with Crippen LogP contribution in [0.4, 0.5) is 0 Å². The van der Waals surface area contributed by atoms with Gasteiger partial charge in [0, 0.05) is 12.1 Å². The fourth-order valence-corrected chi connectivity index (χ4v) is 1.96. The summed E-state index contributed by atoms with van der Waals surface area (Å²) in [5.74, 6) is 1.64. The number of halogens is 1. The van der Waals surface area contributed by atoms with Gasteiger partial charge >= 0.3 is 0 Å². The molecule has 2 unspecified atom stereocenters. The molecule has 0 fully saturated rings. The Balaban J connectivity index is 0.00000220. The Morgan fingerprint density at radius 3 is 2.29 bits per heavy atom. The third-order valence-corrected chi connectivity index (χ3v) is 3.08. The van der Waals surface area contributed by atoms with E-state index < -0.39 is 6.10 Å². The Labute approximate surface area is 131 Å². The lowest BCUT2D eigenvalue weighted by atomic mass is 10.1. The Morgan fingerprint density at radius 1 is 1.05 bits per heavy atom. The van der Waals surface area contributed by atoms with Gasteiger partial charge in [-0.05, 0) is 31.5 Å². The highest BCUT2D eigenvalue weighted by Crippen LogP contribution is 2.24. The van der Waals surface area contributed by atoms with Crippen molar-refractivity contribution in [3.05, 3.63) is 47.7 Å². The number of benzene rings is 1. The monoisotopic (exact) mass is 311 g/mol. The lowest BCUT2D eigenvalue weighted by Crippen LogP contribution is -2.23. The summed E-state index contributed by atoms with van der Waals surface area (Å²) in [5, 5.41) is 21.8. The molecule has 1 aromatic carbocycles. The van der Waals surface area contributed by atoms with Crippen LogP contribution in [0.25, 0.3) is 11.3 Å². The molecular formula is C16H22ClNO3. The second-order valence-electron chi connectivity index (χ2n) is 5.04. The second kappa shape index (κ2) is 8.20. The van der Waals surface area contributed by atoms with E-state index in [2.05, 4.69) is 5.32 Å². The van der Waals surface area contributed by atoms with Crippen LogP contribution in [0.1, 0.15) is 31.3 Å². The van der Waals surface area contributed by atoms with Gasteiger partial charge in [0.25, 0.3) is 0 Å². The van der Waals surface area contributed by atoms with Crippen molar-refractivity contribution in [1.29, 1.82) is 0 Å². The highest BCUT2D eigenvalue weighted by atomic mass is 35.5. The summed E-state index contributed by atoms with van der Waals surface area (Å²) in [6.45, 7) is 4.62. The summed E-state index contributed by atoms with van der Waals surface area (Å²) in [6, 6.07) is 11.5. The first kappa shape index (κ1) is 17.7. The van der Waals surface area contributed by atoms with E-state index in [4.69, 9.17) is 4.42 Å². The van der Waals surface area contributed by atoms with Crippen LogP contribution in [0.3, 0.4) is 0 Å². The van der Waals surface area contributed by atoms with Crippen molar-refractivity contribution < 1.29 is 14.6 Å². The molecule has 1 heterocycles. The van der Waals surface area contributed by atoms with E-state index in [9.17, 15) is 10.2 Å². The Hall–Kier alpha value is -1.33. The molecule has 2 rings (SSSR count). The highest BCUT2D eigenvalue weighted by Gasteiger charge is 2.06. The van der Waals surface area contributed by atoms with Gasteiger partial charge in [-0.15, -0.1) is 12.4 Å². The highest BCUT2D eigenvalue weighted by molar-refractivity contribution is 5.85. The van der Waals surface area contributed by atoms with Crippen molar-refractivity contribution in [2.24, 2.45) is 0 Å². The Morgan fingerprint density at radius 2 is 1.71 bits per heavy atom. The number of hydrogen-bond donors (Lipinski definition) is 3. The van der Waals surface area contributed by atoms with Crippen LogP contribution < -0.4 is 5.32 Å². The van der Waals surface area contributed by atoms with E-state index in [-0.39, 0.29) is 18.5 Å². The molecule has 0 saturated heterocycles. The minimum atomic E-state index is -0.458. The molecule has 2 aromatic rings. The van der Waals surface area contributed by atoms with E-state index in [1.54, 1.807) is 13.8 Å². The van der Waals surface area contributed by atoms with Gasteiger partial charge < -0.3 is 19.9 Å². The molecule has 0 bridgehead atoms. The van der Waals surface area contributed by atoms with Crippen molar-refractivity contribution in [3.8, 4) is 11.3 Å². The third kappa shape index (κ3) is 5.17. The van der Waals surface area contributed by atoms with Crippen molar-refractivity contribution in [3.63, 3.8) is 0 Å². The van der Waals surface area contributed by atoms with Crippen molar-refractivity contribution in [1.82, 2.24) is 5.32 Å². The molecule has 0 amide bonds. The van der Waals surface area contributed by atoms with Gasteiger partial charge in [-0.25, -0.2) is 0 Å². The topological polar surface area (TPSA) is 65.6 Å². The number of furan rings is 1. The quantitative estimate of drug-likeness (QED) is 0.767. The van der Waals surface area contributed by atoms with Crippen LogP contribution in [-0.4, -0.2) is 22.9 Å². The Bertz CT molecular complexity index is 535. The predicted molar refractivity (Wildman–Crippen MR) is 85.4 cm³/mol. The van der Waals surface area contributed by atoms with E-state index in [1.165, 1.54) is 0 Å². The smallest absolute Gasteiger partial charge is 0.134 e. The molecule has 4 nitrogen and oxygen atoms in total. The maximum Gasteiger partial charge on any atom is 0.134 e. The molecule has 5 heteroatoms. The van der Waals surface area contributed by atoms with Crippen LogP contribution in [0.15, 0.2) is 40.8 Å². The molecule has 0 saturated carbocycles. The average molecular weight is 312 g/mol. The van der Waals surface area contributed by atoms with Gasteiger partial charge in [0.1, 0.15) is 11.5 Å². The maximum atomic E-state index is 9.48. The van der Waals surface area contributed by atoms with Gasteiger partial charge in [0.15, 0.2) is 0 Å². The molecule has 0 spiro atoms. The lowest BCUT2D eigenvalue weighted by Gasteiger charge is -2.05. The van der Waals surface area contributed by atoms with Crippen LogP contribution in [0, 0.1) is 0 Å². The fourth-order valence-electron chi connectivity index (χ4n) is 1.96. The molecule has 0 aliphatic carbocycles. The molecular weight excluding hydrogens is 290 g/mol. The van der Waals surface area contributed by atoms with Crippen LogP contribution >= 0.6 is 12.4 Å². The molecule has 3 N–H and O–H groups in total. The molecule has 116 valence electrons. The summed E-state index contributed by atoms with van der Waals surface area (Å²) in [4.78, 5) is 0. The van der Waals surface area contributed by atoms with E-state index in [1.807, 2.05) is 36.4 Å². The van der Waals surface area contributed by atoms with Crippen molar-refractivity contribution in [2.75, 3.05) is 6.54 Å². The first-order chi connectivity index (χ1) is 9.56. The maximum absolute atomic E-state index is 9.48. The van der Waals surface area contributed by atoms with Crippen LogP contribution in [0.5, 0.6) is 0 Å². The first-order valence-corrected chi connectivity index (χ1v) is 6.82. The second-order valence-corrected chi connectivity index (χ2v) is 5.04. The molecule has 0 aliphatic heterocycles. The van der Waals surface area contributed by atoms with E-state index in [0.717, 1.165) is 22.6 Å². The number of aliphatic hydroxyl groups excluding tert-OH is 2. The number of nitrogens with one attached hydrogen (secondary N) is 1. The minimum Gasteiger partial charge on any atom is -0.460 e. The SMILES string of the molecule is CC(O)CNCc1ccc(-c2ccc(C(C)O)cc2)o1.Cl. The van der Waals surface area contributed by atoms with Gasteiger partial charge in [0.2, 0.25) is 0 Å². The zero-order valence-corrected chi connectivity index (χ0v) is 13.1. The number of aliphatic hydroxyl groups is 2. The normalized spacial score (nSPS) is 13.5. The first-order valence-electron chi connectivity index (χ1n) is 6.82. The molecule has 0 aliphatic rings. The van der Waals surface area contributed by atoms with Crippen LogP contribution in [-0.2, 0) is 6.54 Å². The standard InChI is InChI=1S/C16H21NO3.ClH/c1-11(18)9-17-10-15-7-8-16(20-15)14-5-3-13(4-6-14)12(2)19;/h3-8,11-12,17-19H,9-10H2,1-2H3;1H. The summed E-state index contributed by atoms with van der Waals surface area (Å²) in [5.41, 5.74) is 1.87. The summed E-state index contributed by atoms with van der Waals surface area (Å²) < 4.78 is 5.75. The summed E-state index contributed by atoms with van der Waals surface area (Å²) >= 11 is 0.